The first kappa shape index (κ1) is 14.6. The van der Waals surface area contributed by atoms with Gasteiger partial charge in [0.2, 0.25) is 0 Å². The topological polar surface area (TPSA) is 65.8 Å². The molecule has 0 aromatic carbocycles. The van der Waals surface area contributed by atoms with Gasteiger partial charge in [0.15, 0.2) is 10.1 Å². The number of rotatable bonds is 3. The normalized spacial score (nSPS) is 11.8. The second-order valence-corrected chi connectivity index (χ2v) is 6.97. The van der Waals surface area contributed by atoms with Gasteiger partial charge >= 0.3 is 0 Å². The van der Waals surface area contributed by atoms with Gasteiger partial charge in [0.05, 0.1) is 30.1 Å². The zero-order valence-corrected chi connectivity index (χ0v) is 14.7. The number of aromatic nitrogens is 7. The van der Waals surface area contributed by atoms with E-state index in [1.54, 1.807) is 22.2 Å². The van der Waals surface area contributed by atoms with Crippen molar-refractivity contribution in [2.75, 3.05) is 0 Å². The molecule has 5 aromatic rings. The quantitative estimate of drug-likeness (QED) is 0.489. The lowest BCUT2D eigenvalue weighted by atomic mass is 10.1. The van der Waals surface area contributed by atoms with Gasteiger partial charge in [-0.1, -0.05) is 11.6 Å². The maximum absolute atomic E-state index is 6.31. The molecule has 5 rings (SSSR count). The summed E-state index contributed by atoms with van der Waals surface area (Å²) in [6, 6.07) is 2.08. The molecule has 0 unspecified atom stereocenters. The smallest absolute Gasteiger partial charge is 0.195 e. The van der Waals surface area contributed by atoms with E-state index < -0.39 is 0 Å². The number of thiazole rings is 1. The number of aryl methyl sites for hydroxylation is 1. The summed E-state index contributed by atoms with van der Waals surface area (Å²) >= 11 is 7.87. The molecular formula is C16H12ClN7S. The van der Waals surface area contributed by atoms with Crippen molar-refractivity contribution in [3.63, 3.8) is 0 Å². The van der Waals surface area contributed by atoms with Crippen LogP contribution in [0, 0.1) is 0 Å². The molecule has 25 heavy (non-hydrogen) atoms. The first-order valence-electron chi connectivity index (χ1n) is 7.59. The number of nitrogens with zero attached hydrogens (tertiary/aromatic N) is 7. The van der Waals surface area contributed by atoms with Crippen molar-refractivity contribution >= 4 is 38.9 Å². The van der Waals surface area contributed by atoms with Crippen LogP contribution >= 0.6 is 22.9 Å². The van der Waals surface area contributed by atoms with E-state index in [0.29, 0.717) is 11.7 Å². The molecule has 5 heterocycles. The zero-order chi connectivity index (χ0) is 17.0. The van der Waals surface area contributed by atoms with Gasteiger partial charge in [0.1, 0.15) is 5.52 Å². The van der Waals surface area contributed by atoms with Gasteiger partial charge in [-0.3, -0.25) is 18.7 Å². The van der Waals surface area contributed by atoms with Crippen LogP contribution in [0.2, 0.25) is 5.15 Å². The molecule has 124 valence electrons. The summed E-state index contributed by atoms with van der Waals surface area (Å²) in [6.45, 7) is 0.526. The summed E-state index contributed by atoms with van der Waals surface area (Å²) in [7, 11) is 1.90. The molecule has 0 radical (unpaired) electrons. The summed E-state index contributed by atoms with van der Waals surface area (Å²) in [4.78, 5) is 9.78. The fraction of sp³-hybridized carbons (Fsp3) is 0.125. The minimum Gasteiger partial charge on any atom is -0.291 e. The Morgan fingerprint density at radius 1 is 1.16 bits per heavy atom. The van der Waals surface area contributed by atoms with Crippen molar-refractivity contribution in [2.45, 2.75) is 6.54 Å². The fourth-order valence-electron chi connectivity index (χ4n) is 2.90. The number of pyridine rings is 1. The SMILES string of the molecule is Cn1cc(-c2cnc3cnn(Cc4c(Cl)nc5sccn45)c3c2)cn1. The molecule has 0 saturated heterocycles. The van der Waals surface area contributed by atoms with E-state index in [0.717, 1.165) is 32.8 Å². The average molecular weight is 370 g/mol. The lowest BCUT2D eigenvalue weighted by Crippen LogP contribution is -2.04. The summed E-state index contributed by atoms with van der Waals surface area (Å²) < 4.78 is 5.67. The van der Waals surface area contributed by atoms with E-state index in [2.05, 4.69) is 26.2 Å². The van der Waals surface area contributed by atoms with E-state index in [-0.39, 0.29) is 0 Å². The van der Waals surface area contributed by atoms with Crippen LogP contribution in [0.5, 0.6) is 0 Å². The van der Waals surface area contributed by atoms with Gasteiger partial charge in [0, 0.05) is 42.1 Å². The highest BCUT2D eigenvalue weighted by Crippen LogP contribution is 2.25. The first-order chi connectivity index (χ1) is 12.2. The maximum Gasteiger partial charge on any atom is 0.195 e. The molecule has 0 N–H and O–H groups in total. The van der Waals surface area contributed by atoms with Crippen molar-refractivity contribution < 1.29 is 0 Å². The maximum atomic E-state index is 6.31. The molecule has 0 bridgehead atoms. The van der Waals surface area contributed by atoms with Crippen molar-refractivity contribution in [3.8, 4) is 11.1 Å². The van der Waals surface area contributed by atoms with Crippen LogP contribution in [0.15, 0.2) is 42.4 Å². The molecule has 0 saturated carbocycles. The Kier molecular flexibility index (Phi) is 3.16. The Balaban J connectivity index is 1.61. The Morgan fingerprint density at radius 3 is 2.92 bits per heavy atom. The van der Waals surface area contributed by atoms with Crippen LogP contribution < -0.4 is 0 Å². The lowest BCUT2D eigenvalue weighted by molar-refractivity contribution is 0.692. The summed E-state index contributed by atoms with van der Waals surface area (Å²) in [5, 5.41) is 11.2. The molecule has 0 fully saturated rings. The van der Waals surface area contributed by atoms with Crippen LogP contribution in [-0.4, -0.2) is 33.9 Å². The third kappa shape index (κ3) is 2.33. The third-order valence-corrected chi connectivity index (χ3v) is 5.20. The highest BCUT2D eigenvalue weighted by Gasteiger charge is 2.14. The number of hydrogen-bond donors (Lipinski definition) is 0. The molecule has 0 aliphatic carbocycles. The van der Waals surface area contributed by atoms with Gasteiger partial charge < -0.3 is 0 Å². The van der Waals surface area contributed by atoms with Gasteiger partial charge in [-0.05, 0) is 6.07 Å². The van der Waals surface area contributed by atoms with Gasteiger partial charge in [-0.25, -0.2) is 4.98 Å². The molecular weight excluding hydrogens is 358 g/mol. The van der Waals surface area contributed by atoms with E-state index >= 15 is 0 Å². The van der Waals surface area contributed by atoms with Crippen molar-refractivity contribution in [1.82, 2.24) is 33.9 Å². The van der Waals surface area contributed by atoms with E-state index in [9.17, 15) is 0 Å². The average Bonchev–Trinajstić information content (AvgIpc) is 3.35. The summed E-state index contributed by atoms with van der Waals surface area (Å²) in [5.74, 6) is 0. The van der Waals surface area contributed by atoms with Crippen LogP contribution in [0.1, 0.15) is 5.69 Å². The largest absolute Gasteiger partial charge is 0.291 e. The molecule has 0 atom stereocenters. The lowest BCUT2D eigenvalue weighted by Gasteiger charge is -2.04. The fourth-order valence-corrected chi connectivity index (χ4v) is 3.91. The molecule has 0 aliphatic rings. The van der Waals surface area contributed by atoms with E-state index in [1.807, 2.05) is 46.3 Å². The van der Waals surface area contributed by atoms with Gasteiger partial charge in [-0.2, -0.15) is 10.2 Å². The molecule has 0 aliphatic heterocycles. The Labute approximate surface area is 151 Å². The second kappa shape index (κ2) is 5.40. The molecule has 5 aromatic heterocycles. The predicted octanol–water partition coefficient (Wildman–Crippen LogP) is 3.24. The van der Waals surface area contributed by atoms with Crippen LogP contribution in [0.25, 0.3) is 27.1 Å². The minimum absolute atomic E-state index is 0.506. The Morgan fingerprint density at radius 2 is 2.08 bits per heavy atom. The highest BCUT2D eigenvalue weighted by atomic mass is 35.5. The second-order valence-electron chi connectivity index (χ2n) is 5.74. The van der Waals surface area contributed by atoms with Crippen LogP contribution in [0.3, 0.4) is 0 Å². The predicted molar refractivity (Wildman–Crippen MR) is 96.9 cm³/mol. The van der Waals surface area contributed by atoms with Gasteiger partial charge in [-0.15, -0.1) is 11.3 Å². The van der Waals surface area contributed by atoms with Crippen LogP contribution in [0.4, 0.5) is 0 Å². The number of fused-ring (bicyclic) bond motifs is 2. The Bertz CT molecular complexity index is 1210. The minimum atomic E-state index is 0.506. The Hall–Kier alpha value is -2.71. The van der Waals surface area contributed by atoms with Crippen LogP contribution in [-0.2, 0) is 13.6 Å². The molecule has 0 spiro atoms. The van der Waals surface area contributed by atoms with Gasteiger partial charge in [0.25, 0.3) is 0 Å². The molecule has 0 amide bonds. The first-order valence-corrected chi connectivity index (χ1v) is 8.85. The summed E-state index contributed by atoms with van der Waals surface area (Å²) in [5.41, 5.74) is 4.72. The zero-order valence-electron chi connectivity index (χ0n) is 13.2. The summed E-state index contributed by atoms with van der Waals surface area (Å²) in [6.07, 6.45) is 9.37. The third-order valence-electron chi connectivity index (χ3n) is 4.14. The van der Waals surface area contributed by atoms with Crippen molar-refractivity contribution in [1.29, 1.82) is 0 Å². The van der Waals surface area contributed by atoms with E-state index in [4.69, 9.17) is 11.6 Å². The highest BCUT2D eigenvalue weighted by molar-refractivity contribution is 7.15. The number of halogens is 1. The number of imidazole rings is 1. The van der Waals surface area contributed by atoms with E-state index in [1.165, 1.54) is 0 Å². The standard InChI is InChI=1S/C16H12ClN7S/c1-22-8-11(6-19-22)10-4-13-12(18-5-10)7-20-24(13)9-14-15(17)21-16-23(14)2-3-25-16/h2-8H,9H2,1H3. The van der Waals surface area contributed by atoms with Crippen molar-refractivity contribution in [3.05, 3.63) is 53.3 Å². The van der Waals surface area contributed by atoms with Crippen molar-refractivity contribution in [2.24, 2.45) is 7.05 Å². The molecule has 9 heteroatoms. The molecule has 7 nitrogen and oxygen atoms in total. The monoisotopic (exact) mass is 369 g/mol. The number of hydrogen-bond acceptors (Lipinski definition) is 5.